The first-order chi connectivity index (χ1) is 14.5. The van der Waals surface area contributed by atoms with E-state index < -0.39 is 0 Å². The number of ether oxygens (including phenoxy) is 1. The fraction of sp³-hybridized carbons (Fsp3) is 0.316. The second-order valence-electron chi connectivity index (χ2n) is 6.41. The average Bonchev–Trinajstić information content (AvgIpc) is 3.22. The van der Waals surface area contributed by atoms with Gasteiger partial charge in [0, 0.05) is 30.5 Å². The van der Waals surface area contributed by atoms with Gasteiger partial charge in [0.15, 0.2) is 0 Å². The summed E-state index contributed by atoms with van der Waals surface area (Å²) in [4.78, 5) is 38.7. The molecule has 0 aromatic carbocycles. The van der Waals surface area contributed by atoms with E-state index in [4.69, 9.17) is 16.3 Å². The van der Waals surface area contributed by atoms with E-state index in [0.29, 0.717) is 46.7 Å². The molecule has 158 valence electrons. The fourth-order valence-corrected chi connectivity index (χ4v) is 3.26. The number of carbonyl (C=O) groups excluding carboxylic acids is 2. The molecule has 3 heterocycles. The number of hydrogen-bond donors (Lipinski definition) is 2. The number of allylic oxidation sites excluding steroid dienone is 1. The molecule has 2 aromatic heterocycles. The smallest absolute Gasteiger partial charge is 0.272 e. The van der Waals surface area contributed by atoms with Crippen molar-refractivity contribution in [3.05, 3.63) is 47.4 Å². The van der Waals surface area contributed by atoms with E-state index in [0.717, 1.165) is 6.42 Å². The van der Waals surface area contributed by atoms with Crippen molar-refractivity contribution in [2.24, 2.45) is 0 Å². The molecule has 1 aliphatic heterocycles. The fourth-order valence-electron chi connectivity index (χ4n) is 2.90. The quantitative estimate of drug-likeness (QED) is 0.449. The van der Waals surface area contributed by atoms with Crippen molar-refractivity contribution >= 4 is 51.0 Å². The normalized spacial score (nSPS) is 16.0. The Labute approximate surface area is 187 Å². The molecular weight excluding hydrogens is 476 g/mol. The van der Waals surface area contributed by atoms with Gasteiger partial charge >= 0.3 is 0 Å². The van der Waals surface area contributed by atoms with Crippen LogP contribution in [0.4, 0.5) is 11.6 Å². The van der Waals surface area contributed by atoms with Crippen LogP contribution in [0.1, 0.15) is 16.9 Å². The molecule has 9 nitrogen and oxygen atoms in total. The lowest BCUT2D eigenvalue weighted by Crippen LogP contribution is -2.32. The molecular formula is C19H20BrClN6O3. The summed E-state index contributed by atoms with van der Waals surface area (Å²) in [5, 5.41) is 6.80. The largest absolute Gasteiger partial charge is 0.480 e. The number of nitrogens with one attached hydrogen (secondary N) is 2. The molecule has 0 bridgehead atoms. The number of halogens is 2. The van der Waals surface area contributed by atoms with Gasteiger partial charge in [-0.25, -0.2) is 9.97 Å². The van der Waals surface area contributed by atoms with Crippen molar-refractivity contribution < 1.29 is 14.3 Å². The van der Waals surface area contributed by atoms with Crippen LogP contribution in [0, 0.1) is 0 Å². The molecule has 1 atom stereocenters. The summed E-state index contributed by atoms with van der Waals surface area (Å²) in [6, 6.07) is 3.25. The summed E-state index contributed by atoms with van der Waals surface area (Å²) in [7, 11) is 1.48. The lowest BCUT2D eigenvalue weighted by molar-refractivity contribution is -0.111. The van der Waals surface area contributed by atoms with E-state index >= 15 is 0 Å². The molecule has 1 aliphatic rings. The number of likely N-dealkylation sites (tertiary alicyclic amines) is 1. The average molecular weight is 496 g/mol. The zero-order valence-corrected chi connectivity index (χ0v) is 18.5. The van der Waals surface area contributed by atoms with Crippen LogP contribution in [0.25, 0.3) is 0 Å². The van der Waals surface area contributed by atoms with Crippen LogP contribution in [0.5, 0.6) is 5.88 Å². The van der Waals surface area contributed by atoms with E-state index in [1.807, 2.05) is 0 Å². The Morgan fingerprint density at radius 3 is 2.90 bits per heavy atom. The summed E-state index contributed by atoms with van der Waals surface area (Å²) in [6.07, 6.45) is 6.78. The minimum Gasteiger partial charge on any atom is -0.480 e. The highest BCUT2D eigenvalue weighted by Crippen LogP contribution is 2.23. The molecule has 2 aromatic rings. The highest BCUT2D eigenvalue weighted by atomic mass is 79.9. The molecule has 11 heteroatoms. The molecule has 0 unspecified atom stereocenters. The van der Waals surface area contributed by atoms with E-state index in [1.54, 1.807) is 23.1 Å². The third-order valence-corrected chi connectivity index (χ3v) is 4.96. The highest BCUT2D eigenvalue weighted by molar-refractivity contribution is 9.09. The van der Waals surface area contributed by atoms with Crippen LogP contribution in [0.15, 0.2) is 36.7 Å². The van der Waals surface area contributed by atoms with Gasteiger partial charge in [0.05, 0.1) is 25.2 Å². The Morgan fingerprint density at radius 1 is 1.37 bits per heavy atom. The van der Waals surface area contributed by atoms with Crippen molar-refractivity contribution in [2.75, 3.05) is 36.2 Å². The summed E-state index contributed by atoms with van der Waals surface area (Å²) < 4.78 is 5.09. The molecule has 2 amide bonds. The van der Waals surface area contributed by atoms with Gasteiger partial charge in [-0.1, -0.05) is 33.6 Å². The first-order valence-electron chi connectivity index (χ1n) is 9.12. The Morgan fingerprint density at radius 2 is 2.20 bits per heavy atom. The number of amides is 2. The third kappa shape index (κ3) is 5.67. The number of rotatable bonds is 7. The van der Waals surface area contributed by atoms with Crippen LogP contribution in [0.2, 0.25) is 5.02 Å². The van der Waals surface area contributed by atoms with Gasteiger partial charge in [-0.2, -0.15) is 4.98 Å². The first kappa shape index (κ1) is 22.0. The van der Waals surface area contributed by atoms with Gasteiger partial charge in [0.25, 0.3) is 5.91 Å². The van der Waals surface area contributed by atoms with Crippen molar-refractivity contribution in [1.29, 1.82) is 0 Å². The van der Waals surface area contributed by atoms with Crippen molar-refractivity contribution in [1.82, 2.24) is 19.9 Å². The zero-order chi connectivity index (χ0) is 21.5. The van der Waals surface area contributed by atoms with Crippen molar-refractivity contribution in [3.63, 3.8) is 0 Å². The molecule has 0 aliphatic carbocycles. The minimum absolute atomic E-state index is 0.000358. The maximum atomic E-state index is 12.7. The van der Waals surface area contributed by atoms with Crippen molar-refractivity contribution in [3.8, 4) is 5.88 Å². The number of aromatic nitrogens is 3. The lowest BCUT2D eigenvalue weighted by atomic mass is 10.3. The van der Waals surface area contributed by atoms with Gasteiger partial charge in [-0.3, -0.25) is 9.59 Å². The number of nitrogens with zero attached hydrogens (tertiary/aromatic N) is 4. The van der Waals surface area contributed by atoms with Gasteiger partial charge in [-0.15, -0.1) is 0 Å². The van der Waals surface area contributed by atoms with Gasteiger partial charge < -0.3 is 20.3 Å². The van der Waals surface area contributed by atoms with Crippen molar-refractivity contribution in [2.45, 2.75) is 12.5 Å². The Kier molecular flexibility index (Phi) is 7.58. The van der Waals surface area contributed by atoms with E-state index in [1.165, 1.54) is 25.6 Å². The van der Waals surface area contributed by atoms with Gasteiger partial charge in [0.1, 0.15) is 10.7 Å². The van der Waals surface area contributed by atoms with E-state index in [-0.39, 0.29) is 17.9 Å². The summed E-state index contributed by atoms with van der Waals surface area (Å²) in [5.41, 5.74) is 0.833. The first-order valence-corrected chi connectivity index (χ1v) is 10.6. The van der Waals surface area contributed by atoms with E-state index in [9.17, 15) is 9.59 Å². The number of anilines is 2. The number of hydrogen-bond acceptors (Lipinski definition) is 7. The lowest BCUT2D eigenvalue weighted by Gasteiger charge is -2.17. The molecule has 0 saturated carbocycles. The second-order valence-corrected chi connectivity index (χ2v) is 7.46. The van der Waals surface area contributed by atoms with Crippen LogP contribution in [-0.2, 0) is 4.79 Å². The SMILES string of the molecule is COc1nc(N[C@H]2CCN(C(=O)c3ccc(NC(=O)/C=C/CBr)cn3)C2)ncc1Cl. The monoisotopic (exact) mass is 494 g/mol. The van der Waals surface area contributed by atoms with Crippen LogP contribution in [0.3, 0.4) is 0 Å². The van der Waals surface area contributed by atoms with Crippen LogP contribution in [-0.4, -0.2) is 63.2 Å². The third-order valence-electron chi connectivity index (χ3n) is 4.32. The second kappa shape index (κ2) is 10.4. The predicted octanol–water partition coefficient (Wildman–Crippen LogP) is 2.75. The number of carbonyl (C=O) groups is 2. The van der Waals surface area contributed by atoms with Gasteiger partial charge in [-0.05, 0) is 18.6 Å². The minimum atomic E-state index is -0.259. The topological polar surface area (TPSA) is 109 Å². The molecule has 3 rings (SSSR count). The summed E-state index contributed by atoms with van der Waals surface area (Å²) in [6.45, 7) is 1.07. The zero-order valence-electron chi connectivity index (χ0n) is 16.1. The van der Waals surface area contributed by atoms with Crippen LogP contribution < -0.4 is 15.4 Å². The molecule has 0 spiro atoms. The Hall–Kier alpha value is -2.72. The maximum Gasteiger partial charge on any atom is 0.272 e. The van der Waals surface area contributed by atoms with Gasteiger partial charge in [0.2, 0.25) is 17.7 Å². The Balaban J connectivity index is 1.56. The summed E-state index contributed by atoms with van der Waals surface area (Å²) in [5.74, 6) is 0.248. The standard InChI is InChI=1S/C19H20BrClN6O3/c1-30-17-14(21)10-23-19(26-17)25-13-6-8-27(11-13)18(29)15-5-4-12(9-22-15)24-16(28)3-2-7-20/h2-5,9-10,13H,6-8,11H2,1H3,(H,24,28)(H,23,25,26)/b3-2+/t13-/m0/s1. The summed E-state index contributed by atoms with van der Waals surface area (Å²) >= 11 is 9.15. The molecule has 0 radical (unpaired) electrons. The maximum absolute atomic E-state index is 12.7. The molecule has 1 fully saturated rings. The molecule has 1 saturated heterocycles. The predicted molar refractivity (Wildman–Crippen MR) is 117 cm³/mol. The van der Waals surface area contributed by atoms with Crippen LogP contribution >= 0.6 is 27.5 Å². The highest BCUT2D eigenvalue weighted by Gasteiger charge is 2.28. The van der Waals surface area contributed by atoms with E-state index in [2.05, 4.69) is 41.5 Å². The number of methoxy groups -OCH3 is 1. The Bertz CT molecular complexity index is 940. The number of alkyl halides is 1. The number of pyridine rings is 1. The molecule has 30 heavy (non-hydrogen) atoms. The molecule has 2 N–H and O–H groups in total.